The predicted octanol–water partition coefficient (Wildman–Crippen LogP) is 3.96. The molecule has 26 heavy (non-hydrogen) atoms. The zero-order chi connectivity index (χ0) is 19.5. The molecule has 0 spiro atoms. The van der Waals surface area contributed by atoms with Crippen LogP contribution in [0.25, 0.3) is 5.69 Å². The van der Waals surface area contributed by atoms with Crippen LogP contribution in [0.1, 0.15) is 20.8 Å². The fourth-order valence-corrected chi connectivity index (χ4v) is 3.14. The molecule has 0 bridgehead atoms. The van der Waals surface area contributed by atoms with E-state index in [0.717, 1.165) is 0 Å². The highest BCUT2D eigenvalue weighted by Crippen LogP contribution is 2.36. The Balaban J connectivity index is 2.08. The van der Waals surface area contributed by atoms with Crippen LogP contribution in [-0.4, -0.2) is 26.1 Å². The van der Waals surface area contributed by atoms with Gasteiger partial charge in [0.1, 0.15) is 12.4 Å². The first-order valence-electron chi connectivity index (χ1n) is 8.57. The molecule has 1 aromatic carbocycles. The minimum absolute atomic E-state index is 0.0389. The van der Waals surface area contributed by atoms with Crippen LogP contribution < -0.4 is 16.0 Å². The molecule has 5 nitrogen and oxygen atoms in total. The molecule has 0 saturated carbocycles. The molecular formula is C19H27FN2O3Si. The second-order valence-corrected chi connectivity index (χ2v) is 12.5. The van der Waals surface area contributed by atoms with Gasteiger partial charge in [0.05, 0.1) is 18.0 Å². The SMILES string of the molecule is CC(C)(C)[Si](C)(C)OCCOc1cccn(-c2ccc(N)c(F)c2)c1=O. The number of hydrogen-bond donors (Lipinski definition) is 1. The number of hydrogen-bond acceptors (Lipinski definition) is 4. The molecule has 2 N–H and O–H groups in total. The molecule has 0 fully saturated rings. The second kappa shape index (κ2) is 7.63. The summed E-state index contributed by atoms with van der Waals surface area (Å²) in [4.78, 5) is 12.6. The summed E-state index contributed by atoms with van der Waals surface area (Å²) < 4.78 is 26.6. The normalized spacial score (nSPS) is 12.2. The number of anilines is 1. The van der Waals surface area contributed by atoms with Crippen LogP contribution in [0, 0.1) is 5.82 Å². The zero-order valence-electron chi connectivity index (χ0n) is 16.0. The van der Waals surface area contributed by atoms with Crippen LogP contribution in [0.5, 0.6) is 5.75 Å². The van der Waals surface area contributed by atoms with Gasteiger partial charge in [0, 0.05) is 12.3 Å². The lowest BCUT2D eigenvalue weighted by molar-refractivity contribution is 0.201. The first kappa shape index (κ1) is 20.2. The van der Waals surface area contributed by atoms with Gasteiger partial charge < -0.3 is 14.9 Å². The maximum atomic E-state index is 13.7. The molecule has 0 aliphatic heterocycles. The first-order chi connectivity index (χ1) is 12.0. The fraction of sp³-hybridized carbons (Fsp3) is 0.421. The van der Waals surface area contributed by atoms with Crippen molar-refractivity contribution >= 4 is 14.0 Å². The monoisotopic (exact) mass is 378 g/mol. The highest BCUT2D eigenvalue weighted by atomic mass is 28.4. The molecule has 0 radical (unpaired) electrons. The van der Waals surface area contributed by atoms with Crippen molar-refractivity contribution in [1.29, 1.82) is 0 Å². The van der Waals surface area contributed by atoms with Crippen LogP contribution >= 0.6 is 0 Å². The Labute approximate surface area is 154 Å². The number of benzene rings is 1. The number of nitrogens with two attached hydrogens (primary N) is 1. The van der Waals surface area contributed by atoms with Gasteiger partial charge in [-0.15, -0.1) is 0 Å². The van der Waals surface area contributed by atoms with Crippen molar-refractivity contribution < 1.29 is 13.6 Å². The van der Waals surface area contributed by atoms with E-state index in [0.29, 0.717) is 12.3 Å². The third-order valence-electron chi connectivity index (χ3n) is 4.78. The second-order valence-electron chi connectivity index (χ2n) is 7.71. The van der Waals surface area contributed by atoms with Crippen LogP contribution in [0.2, 0.25) is 18.1 Å². The number of rotatable bonds is 6. The summed E-state index contributed by atoms with van der Waals surface area (Å²) in [5.74, 6) is -0.368. The van der Waals surface area contributed by atoms with Crippen LogP contribution in [0.3, 0.4) is 0 Å². The average molecular weight is 379 g/mol. The highest BCUT2D eigenvalue weighted by molar-refractivity contribution is 6.74. The molecule has 2 rings (SSSR count). The van der Waals surface area contributed by atoms with Crippen molar-refractivity contribution in [3.8, 4) is 11.4 Å². The van der Waals surface area contributed by atoms with Crippen molar-refractivity contribution in [3.63, 3.8) is 0 Å². The van der Waals surface area contributed by atoms with Gasteiger partial charge in [-0.2, -0.15) is 0 Å². The van der Waals surface area contributed by atoms with Gasteiger partial charge >= 0.3 is 0 Å². The van der Waals surface area contributed by atoms with E-state index in [9.17, 15) is 9.18 Å². The van der Waals surface area contributed by atoms with Gasteiger partial charge in [-0.25, -0.2) is 4.39 Å². The summed E-state index contributed by atoms with van der Waals surface area (Å²) in [7, 11) is -1.85. The van der Waals surface area contributed by atoms with Crippen molar-refractivity contribution in [3.05, 3.63) is 52.7 Å². The Kier molecular flexibility index (Phi) is 5.93. The van der Waals surface area contributed by atoms with E-state index in [2.05, 4.69) is 33.9 Å². The molecule has 0 unspecified atom stereocenters. The van der Waals surface area contributed by atoms with E-state index < -0.39 is 14.1 Å². The molecule has 0 saturated heterocycles. The minimum atomic E-state index is -1.85. The molecule has 0 atom stereocenters. The summed E-state index contributed by atoms with van der Waals surface area (Å²) in [6.07, 6.45) is 1.56. The summed E-state index contributed by atoms with van der Waals surface area (Å²) >= 11 is 0. The number of aromatic nitrogens is 1. The molecule has 2 aromatic rings. The molecule has 1 aromatic heterocycles. The lowest BCUT2D eigenvalue weighted by atomic mass is 10.2. The number of ether oxygens (including phenoxy) is 1. The lowest BCUT2D eigenvalue weighted by Gasteiger charge is -2.36. The Morgan fingerprint density at radius 3 is 2.50 bits per heavy atom. The Bertz CT molecular complexity index is 828. The summed E-state index contributed by atoms with van der Waals surface area (Å²) in [5, 5.41) is 0.117. The summed E-state index contributed by atoms with van der Waals surface area (Å²) in [6.45, 7) is 11.5. The number of nitrogens with zero attached hydrogens (tertiary/aromatic N) is 1. The molecule has 0 amide bonds. The van der Waals surface area contributed by atoms with Crippen molar-refractivity contribution in [2.24, 2.45) is 0 Å². The van der Waals surface area contributed by atoms with Crippen LogP contribution in [0.4, 0.5) is 10.1 Å². The van der Waals surface area contributed by atoms with E-state index in [1.54, 1.807) is 24.4 Å². The predicted molar refractivity (Wildman–Crippen MR) is 105 cm³/mol. The smallest absolute Gasteiger partial charge is 0.297 e. The molecule has 142 valence electrons. The van der Waals surface area contributed by atoms with Gasteiger partial charge in [0.25, 0.3) is 5.56 Å². The maximum absolute atomic E-state index is 13.7. The zero-order valence-corrected chi connectivity index (χ0v) is 17.0. The van der Waals surface area contributed by atoms with Crippen molar-refractivity contribution in [2.75, 3.05) is 18.9 Å². The molecule has 7 heteroatoms. The van der Waals surface area contributed by atoms with E-state index in [1.165, 1.54) is 16.7 Å². The van der Waals surface area contributed by atoms with Crippen molar-refractivity contribution in [2.45, 2.75) is 38.9 Å². The van der Waals surface area contributed by atoms with Crippen molar-refractivity contribution in [1.82, 2.24) is 4.57 Å². The molecular weight excluding hydrogens is 351 g/mol. The summed E-state index contributed by atoms with van der Waals surface area (Å²) in [6, 6.07) is 7.52. The van der Waals surface area contributed by atoms with Crippen LogP contribution in [-0.2, 0) is 4.43 Å². The van der Waals surface area contributed by atoms with E-state index in [1.807, 2.05) is 0 Å². The standard InChI is InChI=1S/C19H27FN2O3Si/c1-19(2,3)26(4,5)25-12-11-24-17-7-6-10-22(18(17)23)14-8-9-16(21)15(20)13-14/h6-10,13H,11-12,21H2,1-5H3. The first-order valence-corrected chi connectivity index (χ1v) is 11.5. The van der Waals surface area contributed by atoms with E-state index in [4.69, 9.17) is 14.9 Å². The van der Waals surface area contributed by atoms with Gasteiger partial charge in [-0.1, -0.05) is 20.8 Å². The van der Waals surface area contributed by atoms with Crippen LogP contribution in [0.15, 0.2) is 41.3 Å². The summed E-state index contributed by atoms with van der Waals surface area (Å²) in [5.41, 5.74) is 5.56. The average Bonchev–Trinajstić information content (AvgIpc) is 2.54. The highest BCUT2D eigenvalue weighted by Gasteiger charge is 2.36. The third-order valence-corrected chi connectivity index (χ3v) is 9.32. The quantitative estimate of drug-likeness (QED) is 0.469. The molecule has 0 aliphatic carbocycles. The lowest BCUT2D eigenvalue weighted by Crippen LogP contribution is -2.41. The maximum Gasteiger partial charge on any atom is 0.297 e. The number of nitrogen functional groups attached to an aromatic ring is 1. The van der Waals surface area contributed by atoms with E-state index >= 15 is 0 Å². The minimum Gasteiger partial charge on any atom is -0.485 e. The third kappa shape index (κ3) is 4.53. The Morgan fingerprint density at radius 1 is 1.19 bits per heavy atom. The van der Waals surface area contributed by atoms with Gasteiger partial charge in [0.15, 0.2) is 14.1 Å². The fourth-order valence-electron chi connectivity index (χ4n) is 2.12. The topological polar surface area (TPSA) is 66.5 Å². The van der Waals surface area contributed by atoms with Gasteiger partial charge in [-0.3, -0.25) is 9.36 Å². The molecule has 0 aliphatic rings. The molecule has 1 heterocycles. The number of halogens is 1. The number of pyridine rings is 1. The Morgan fingerprint density at radius 2 is 1.88 bits per heavy atom. The Hall–Kier alpha value is -2.12. The van der Waals surface area contributed by atoms with Gasteiger partial charge in [-0.05, 0) is 42.4 Å². The van der Waals surface area contributed by atoms with E-state index in [-0.39, 0.29) is 28.6 Å². The largest absolute Gasteiger partial charge is 0.485 e. The van der Waals surface area contributed by atoms with Gasteiger partial charge in [0.2, 0.25) is 0 Å².